The molecule has 0 bridgehead atoms. The van der Waals surface area contributed by atoms with Gasteiger partial charge in [-0.3, -0.25) is 24.1 Å². The number of anilines is 1. The van der Waals surface area contributed by atoms with E-state index in [0.29, 0.717) is 5.56 Å². The first-order valence-corrected chi connectivity index (χ1v) is 11.7. The third kappa shape index (κ3) is 3.88. The lowest BCUT2D eigenvalue weighted by Gasteiger charge is -2.50. The van der Waals surface area contributed by atoms with Gasteiger partial charge in [-0.2, -0.15) is 0 Å². The van der Waals surface area contributed by atoms with Gasteiger partial charge >= 0.3 is 0 Å². The van der Waals surface area contributed by atoms with Crippen LogP contribution in [0.15, 0.2) is 29.0 Å². The zero-order valence-corrected chi connectivity index (χ0v) is 20.9. The number of carbonyl (C=O) groups excluding carboxylic acids is 4. The molecule has 1 aromatic carbocycles. The van der Waals surface area contributed by atoms with Crippen molar-refractivity contribution in [3.05, 3.63) is 40.2 Å². The van der Waals surface area contributed by atoms with E-state index in [1.54, 1.807) is 25.1 Å². The normalized spacial score (nSPS) is 27.3. The number of phenols is 1. The number of benzene rings is 1. The number of hydrogen-bond donors (Lipinski definition) is 6. The zero-order chi connectivity index (χ0) is 27.6. The average molecular weight is 515 g/mol. The Labute approximate surface area is 212 Å². The second-order valence-corrected chi connectivity index (χ2v) is 10.2. The van der Waals surface area contributed by atoms with Gasteiger partial charge in [0.2, 0.25) is 11.7 Å². The lowest BCUT2D eigenvalue weighted by molar-refractivity contribution is -0.153. The predicted octanol–water partition coefficient (Wildman–Crippen LogP) is -0.536. The first kappa shape index (κ1) is 26.3. The van der Waals surface area contributed by atoms with Crippen molar-refractivity contribution in [1.82, 2.24) is 9.80 Å². The Kier molecular flexibility index (Phi) is 6.39. The van der Waals surface area contributed by atoms with Crippen molar-refractivity contribution in [2.45, 2.75) is 24.5 Å². The Bertz CT molecular complexity index is 1300. The molecule has 0 aromatic heterocycles. The number of carbonyl (C=O) groups is 4. The van der Waals surface area contributed by atoms with Gasteiger partial charge in [-0.25, -0.2) is 0 Å². The molecule has 4 rings (SSSR count). The number of aliphatic hydroxyl groups excluding tert-OH is 2. The second kappa shape index (κ2) is 8.98. The number of rotatable bonds is 5. The van der Waals surface area contributed by atoms with Gasteiger partial charge in [0.1, 0.15) is 22.8 Å². The first-order valence-electron chi connectivity index (χ1n) is 11.7. The molecule has 0 aliphatic heterocycles. The van der Waals surface area contributed by atoms with Crippen LogP contribution in [0.1, 0.15) is 17.5 Å². The number of ketones is 2. The molecule has 0 radical (unpaired) electrons. The van der Waals surface area contributed by atoms with Crippen LogP contribution in [0.5, 0.6) is 5.75 Å². The van der Waals surface area contributed by atoms with Crippen LogP contribution in [0.3, 0.4) is 0 Å². The number of primary amides is 1. The highest BCUT2D eigenvalue weighted by Crippen LogP contribution is 2.53. The molecular weight excluding hydrogens is 484 g/mol. The number of nitrogens with one attached hydrogen (secondary N) is 1. The van der Waals surface area contributed by atoms with Crippen LogP contribution in [-0.2, 0) is 25.6 Å². The van der Waals surface area contributed by atoms with Crippen LogP contribution in [0.2, 0.25) is 0 Å². The summed E-state index contributed by atoms with van der Waals surface area (Å²) in [6.45, 7) is 0.0398. The van der Waals surface area contributed by atoms with Crippen LogP contribution in [-0.4, -0.2) is 100.0 Å². The lowest BCUT2D eigenvalue weighted by Crippen LogP contribution is -2.65. The van der Waals surface area contributed by atoms with E-state index in [4.69, 9.17) is 5.73 Å². The number of nitrogens with zero attached hydrogens (tertiary/aromatic N) is 2. The fourth-order valence-electron chi connectivity index (χ4n) is 5.80. The molecule has 198 valence electrons. The predicted molar refractivity (Wildman–Crippen MR) is 131 cm³/mol. The van der Waals surface area contributed by atoms with Crippen molar-refractivity contribution in [2.75, 3.05) is 40.1 Å². The maximum atomic E-state index is 13.8. The highest BCUT2D eigenvalue weighted by molar-refractivity contribution is 6.24. The summed E-state index contributed by atoms with van der Waals surface area (Å²) in [7, 11) is 6.47. The standard InChI is InChI=1S/C25H30N4O8/c1-28(2)9-14(30)27-13-6-5-10-7-11-8-12-18(29(3)4)21(33)17(24(26)36)23(35)25(12,37)22(34)16(11)20(32)15(10)19(13)31/h5-6,11-12,18,31-32,35,37H,7-9H2,1-4H3,(H2,26,36)(H,27,30)/t11-,12-,18+,25-/m1/s1. The minimum absolute atomic E-state index is 0.00778. The summed E-state index contributed by atoms with van der Waals surface area (Å²) in [5.41, 5.74) is 1.93. The van der Waals surface area contributed by atoms with Crippen molar-refractivity contribution in [3.8, 4) is 5.75 Å². The summed E-state index contributed by atoms with van der Waals surface area (Å²) in [5.74, 6) is -7.61. The van der Waals surface area contributed by atoms with Crippen LogP contribution in [0.4, 0.5) is 5.69 Å². The van der Waals surface area contributed by atoms with Gasteiger partial charge < -0.3 is 36.4 Å². The maximum Gasteiger partial charge on any atom is 0.255 e. The summed E-state index contributed by atoms with van der Waals surface area (Å²) in [6.07, 6.45) is 0.182. The first-order chi connectivity index (χ1) is 17.2. The van der Waals surface area contributed by atoms with E-state index in [1.165, 1.54) is 25.1 Å². The van der Waals surface area contributed by atoms with Crippen molar-refractivity contribution in [3.63, 3.8) is 0 Å². The highest BCUT2D eigenvalue weighted by Gasteiger charge is 2.64. The number of Topliss-reactive ketones (excluding diaryl/α,β-unsaturated/α-hetero) is 2. The largest absolute Gasteiger partial charge is 0.508 e. The number of aliphatic hydroxyl groups is 3. The fraction of sp³-hybridized carbons (Fsp3) is 0.440. The van der Waals surface area contributed by atoms with Crippen molar-refractivity contribution in [2.24, 2.45) is 17.6 Å². The van der Waals surface area contributed by atoms with Gasteiger partial charge in [0, 0.05) is 11.5 Å². The minimum Gasteiger partial charge on any atom is -0.508 e. The average Bonchev–Trinajstić information content (AvgIpc) is 2.77. The topological polar surface area (TPSA) is 194 Å². The van der Waals surface area contributed by atoms with Crippen molar-refractivity contribution in [1.29, 1.82) is 0 Å². The van der Waals surface area contributed by atoms with E-state index in [2.05, 4.69) is 5.32 Å². The summed E-state index contributed by atoms with van der Waals surface area (Å²) >= 11 is 0. The van der Waals surface area contributed by atoms with E-state index >= 15 is 0 Å². The molecule has 0 unspecified atom stereocenters. The maximum absolute atomic E-state index is 13.8. The third-order valence-electron chi connectivity index (χ3n) is 7.33. The van der Waals surface area contributed by atoms with Crippen LogP contribution in [0, 0.1) is 11.8 Å². The van der Waals surface area contributed by atoms with E-state index < -0.39 is 69.7 Å². The number of nitrogens with two attached hydrogens (primary N) is 1. The summed E-state index contributed by atoms with van der Waals surface area (Å²) in [6, 6.07) is 1.96. The molecular formula is C25H30N4O8. The molecule has 12 heteroatoms. The Morgan fingerprint density at radius 1 is 1.14 bits per heavy atom. The van der Waals surface area contributed by atoms with Gasteiger partial charge in [-0.1, -0.05) is 6.07 Å². The van der Waals surface area contributed by atoms with Gasteiger partial charge in [-0.05, 0) is 58.6 Å². The number of amides is 2. The molecule has 0 saturated heterocycles. The van der Waals surface area contributed by atoms with Crippen LogP contribution < -0.4 is 11.1 Å². The minimum atomic E-state index is -2.70. The lowest BCUT2D eigenvalue weighted by atomic mass is 9.57. The van der Waals surface area contributed by atoms with E-state index in [-0.39, 0.29) is 36.2 Å². The Morgan fingerprint density at radius 2 is 1.78 bits per heavy atom. The summed E-state index contributed by atoms with van der Waals surface area (Å²) in [5, 5.41) is 47.1. The van der Waals surface area contributed by atoms with Gasteiger partial charge in [0.15, 0.2) is 11.4 Å². The smallest absolute Gasteiger partial charge is 0.255 e. The highest BCUT2D eigenvalue weighted by atomic mass is 16.3. The third-order valence-corrected chi connectivity index (χ3v) is 7.33. The van der Waals surface area contributed by atoms with Gasteiger partial charge in [0.25, 0.3) is 5.91 Å². The molecule has 1 fully saturated rings. The Morgan fingerprint density at radius 3 is 2.35 bits per heavy atom. The molecule has 1 saturated carbocycles. The molecule has 7 N–H and O–H groups in total. The molecule has 0 spiro atoms. The molecule has 4 atom stereocenters. The molecule has 12 nitrogen and oxygen atoms in total. The van der Waals surface area contributed by atoms with Crippen molar-refractivity contribution >= 4 is 34.8 Å². The molecule has 1 aromatic rings. The Hall–Kier alpha value is -3.74. The van der Waals surface area contributed by atoms with E-state index in [1.807, 2.05) is 0 Å². The number of likely N-dealkylation sites (N-methyl/N-ethyl adjacent to an activating group) is 2. The van der Waals surface area contributed by atoms with Gasteiger partial charge in [0.05, 0.1) is 23.8 Å². The fourth-order valence-corrected chi connectivity index (χ4v) is 5.80. The van der Waals surface area contributed by atoms with Crippen LogP contribution in [0.25, 0.3) is 5.76 Å². The Balaban J connectivity index is 1.86. The quantitative estimate of drug-likeness (QED) is 0.220. The number of hydrogen-bond acceptors (Lipinski definition) is 10. The molecule has 3 aliphatic rings. The van der Waals surface area contributed by atoms with Crippen LogP contribution >= 0.6 is 0 Å². The number of phenolic OH excluding ortho intramolecular Hbond substituents is 1. The molecule has 0 heterocycles. The summed E-state index contributed by atoms with van der Waals surface area (Å²) in [4.78, 5) is 54.2. The second-order valence-electron chi connectivity index (χ2n) is 10.2. The monoisotopic (exact) mass is 514 g/mol. The van der Waals surface area contributed by atoms with E-state index in [9.17, 15) is 39.6 Å². The zero-order valence-electron chi connectivity index (χ0n) is 20.9. The molecule has 3 aliphatic carbocycles. The van der Waals surface area contributed by atoms with E-state index in [0.717, 1.165) is 0 Å². The molecule has 37 heavy (non-hydrogen) atoms. The SMILES string of the molecule is CN(C)CC(=O)Nc1ccc2c(c1O)C(O)=C1C(=O)[C@@]3(O)C(O)=C(C(N)=O)C(=O)[C@@H](N(C)C)[C@H]3C[C@H]1C2. The number of fused-ring (bicyclic) bond motifs is 3. The summed E-state index contributed by atoms with van der Waals surface area (Å²) < 4.78 is 0. The van der Waals surface area contributed by atoms with Gasteiger partial charge in [-0.15, -0.1) is 0 Å². The number of aromatic hydroxyl groups is 1. The molecule has 2 amide bonds. The van der Waals surface area contributed by atoms with Crippen molar-refractivity contribution < 1.29 is 39.6 Å².